The first-order valence-electron chi connectivity index (χ1n) is 7.29. The van der Waals surface area contributed by atoms with Gasteiger partial charge in [-0.3, -0.25) is 0 Å². The summed E-state index contributed by atoms with van der Waals surface area (Å²) < 4.78 is 94.0. The van der Waals surface area contributed by atoms with Crippen molar-refractivity contribution in [2.24, 2.45) is 11.1 Å². The third-order valence-electron chi connectivity index (χ3n) is 4.19. The van der Waals surface area contributed by atoms with Gasteiger partial charge in [-0.1, -0.05) is 12.1 Å². The molecule has 148 valence electrons. The molecule has 1 aliphatic heterocycles. The van der Waals surface area contributed by atoms with Gasteiger partial charge in [-0.2, -0.15) is 27.1 Å². The van der Waals surface area contributed by atoms with Crippen molar-refractivity contribution in [3.63, 3.8) is 0 Å². The summed E-state index contributed by atoms with van der Waals surface area (Å²) in [5, 5.41) is 5.67. The molecule has 0 saturated heterocycles. The minimum atomic E-state index is -5.09. The number of nitrogens with zero attached hydrogens (tertiary/aromatic N) is 2. The van der Waals surface area contributed by atoms with Gasteiger partial charge >= 0.3 is 12.8 Å². The Labute approximate surface area is 145 Å². The molecule has 0 bridgehead atoms. The summed E-state index contributed by atoms with van der Waals surface area (Å²) in [6, 6.07) is 0. The van der Waals surface area contributed by atoms with Gasteiger partial charge in [0.1, 0.15) is 5.60 Å². The maximum absolute atomic E-state index is 13.1. The first-order valence-corrected chi connectivity index (χ1v) is 8.84. The number of H-pyrrole nitrogens is 1. The molecule has 1 N–H and O–H groups in total. The van der Waals surface area contributed by atoms with Gasteiger partial charge in [-0.15, -0.1) is 0 Å². The fourth-order valence-corrected chi connectivity index (χ4v) is 4.17. The van der Waals surface area contributed by atoms with Crippen LogP contribution in [0.3, 0.4) is 0 Å². The Kier molecular flexibility index (Phi) is 4.98. The second kappa shape index (κ2) is 6.35. The van der Waals surface area contributed by atoms with E-state index in [9.17, 15) is 30.4 Å². The maximum atomic E-state index is 13.1. The molecule has 2 unspecified atom stereocenters. The van der Waals surface area contributed by atoms with E-state index in [-0.39, 0.29) is 0 Å². The van der Waals surface area contributed by atoms with Crippen molar-refractivity contribution in [2.75, 3.05) is 0 Å². The van der Waals surface area contributed by atoms with E-state index in [1.54, 1.807) is 18.9 Å². The Balaban J connectivity index is 2.55. The van der Waals surface area contributed by atoms with Crippen LogP contribution in [0, 0.1) is 5.92 Å². The number of rotatable bonds is 4. The fourth-order valence-electron chi connectivity index (χ4n) is 2.36. The lowest BCUT2D eigenvalue weighted by Gasteiger charge is -2.22. The van der Waals surface area contributed by atoms with Crippen LogP contribution in [0.1, 0.15) is 44.2 Å². The molecule has 0 aromatic carbocycles. The number of nitrogens with one attached hydrogen (secondary N) is 1. The van der Waals surface area contributed by atoms with E-state index in [0.717, 1.165) is 6.92 Å². The van der Waals surface area contributed by atoms with Gasteiger partial charge in [0.2, 0.25) is 15.7 Å². The van der Waals surface area contributed by atoms with E-state index in [1.165, 1.54) is 6.92 Å². The first kappa shape index (κ1) is 20.4. The smallest absolute Gasteiger partial charge is 0.417 e. The summed E-state index contributed by atoms with van der Waals surface area (Å²) >= 11 is 0. The van der Waals surface area contributed by atoms with Crippen LogP contribution in [0.4, 0.5) is 22.0 Å². The monoisotopic (exact) mass is 405 g/mol. The third-order valence-corrected chi connectivity index (χ3v) is 6.37. The molecule has 2 rings (SSSR count). The number of halogens is 5. The molecule has 2 atom stereocenters. The molecule has 26 heavy (non-hydrogen) atoms. The van der Waals surface area contributed by atoms with Crippen LogP contribution in [-0.4, -0.2) is 35.9 Å². The standard InChI is InChI=1S/C13H16F5N3O4S/c1-5-10(21-25-12(5,3)4)26(22,23)6(2)7-8(13(16,17)18)19-20-9(7)24-11(14)15/h5-6,11H,1-4H3,(H,19,20). The fraction of sp³-hybridized carbons (Fsp3) is 0.692. The third kappa shape index (κ3) is 3.48. The summed E-state index contributed by atoms with van der Waals surface area (Å²) in [6.45, 7) is 2.02. The van der Waals surface area contributed by atoms with Crippen LogP contribution < -0.4 is 4.74 Å². The highest BCUT2D eigenvalue weighted by Gasteiger charge is 2.49. The SMILES string of the molecule is CC1C(S(=O)(=O)C(C)c2c(C(F)(F)F)n[nH]c2OC(F)F)=NOC1(C)C. The van der Waals surface area contributed by atoms with E-state index in [4.69, 9.17) is 4.84 Å². The highest BCUT2D eigenvalue weighted by molar-refractivity contribution is 8.06. The summed E-state index contributed by atoms with van der Waals surface area (Å²) in [6.07, 6.45) is -5.09. The van der Waals surface area contributed by atoms with Gasteiger partial charge < -0.3 is 9.57 Å². The highest BCUT2D eigenvalue weighted by atomic mass is 32.2. The molecule has 2 heterocycles. The quantitative estimate of drug-likeness (QED) is 0.776. The summed E-state index contributed by atoms with van der Waals surface area (Å²) in [7, 11) is -4.48. The van der Waals surface area contributed by atoms with Crippen molar-refractivity contribution in [3.05, 3.63) is 11.3 Å². The molecule has 0 aliphatic carbocycles. The predicted molar refractivity (Wildman–Crippen MR) is 79.3 cm³/mol. The molecule has 13 heteroatoms. The van der Waals surface area contributed by atoms with E-state index in [2.05, 4.69) is 15.0 Å². The van der Waals surface area contributed by atoms with Crippen LogP contribution in [0.2, 0.25) is 0 Å². The Hall–Kier alpha value is -1.92. The van der Waals surface area contributed by atoms with Gasteiger partial charge in [0, 0.05) is 0 Å². The normalized spacial score (nSPS) is 21.5. The molecule has 0 amide bonds. The average molecular weight is 405 g/mol. The Bertz CT molecular complexity index is 816. The van der Waals surface area contributed by atoms with Crippen LogP contribution in [0.5, 0.6) is 5.88 Å². The lowest BCUT2D eigenvalue weighted by atomic mass is 9.95. The van der Waals surface area contributed by atoms with E-state index in [1.807, 2.05) is 0 Å². The second-order valence-corrected chi connectivity index (χ2v) is 8.44. The zero-order valence-corrected chi connectivity index (χ0v) is 14.9. The van der Waals surface area contributed by atoms with E-state index in [0.29, 0.717) is 0 Å². The van der Waals surface area contributed by atoms with Crippen molar-refractivity contribution in [2.45, 2.75) is 51.3 Å². The predicted octanol–water partition coefficient (Wildman–Crippen LogP) is 3.26. The van der Waals surface area contributed by atoms with E-state index >= 15 is 0 Å². The van der Waals surface area contributed by atoms with Crippen LogP contribution in [-0.2, 0) is 20.9 Å². The molecule has 1 aliphatic rings. The summed E-state index contributed by atoms with van der Waals surface area (Å²) in [5.41, 5.74) is -3.69. The molecule has 0 saturated carbocycles. The van der Waals surface area contributed by atoms with Crippen molar-refractivity contribution >= 4 is 14.9 Å². The number of alkyl halides is 5. The molecule has 0 spiro atoms. The van der Waals surface area contributed by atoms with Crippen molar-refractivity contribution in [1.29, 1.82) is 0 Å². The van der Waals surface area contributed by atoms with Gasteiger partial charge in [0.15, 0.2) is 10.7 Å². The number of aromatic nitrogens is 2. The minimum Gasteiger partial charge on any atom is -0.417 e. The number of ether oxygens (including phenoxy) is 1. The maximum Gasteiger partial charge on any atom is 0.435 e. The molecule has 1 aromatic rings. The summed E-state index contributed by atoms with van der Waals surface area (Å²) in [5.74, 6) is -1.84. The number of oxime groups is 1. The minimum absolute atomic E-state index is 0.479. The van der Waals surface area contributed by atoms with Gasteiger partial charge in [0.05, 0.1) is 16.7 Å². The first-order chi connectivity index (χ1) is 11.7. The number of hydrogen-bond acceptors (Lipinski definition) is 6. The zero-order chi connectivity index (χ0) is 20.1. The average Bonchev–Trinajstić information content (AvgIpc) is 2.99. The number of hydrogen-bond donors (Lipinski definition) is 1. The number of sulfone groups is 1. The highest BCUT2D eigenvalue weighted by Crippen LogP contribution is 2.43. The molecular formula is C13H16F5N3O4S. The molecule has 1 aromatic heterocycles. The largest absolute Gasteiger partial charge is 0.435 e. The van der Waals surface area contributed by atoms with Gasteiger partial charge in [0.25, 0.3) is 0 Å². The summed E-state index contributed by atoms with van der Waals surface area (Å²) in [4.78, 5) is 5.02. The van der Waals surface area contributed by atoms with Crippen molar-refractivity contribution in [1.82, 2.24) is 10.2 Å². The van der Waals surface area contributed by atoms with Gasteiger partial charge in [-0.25, -0.2) is 13.5 Å². The van der Waals surface area contributed by atoms with Crippen LogP contribution in [0.15, 0.2) is 5.16 Å². The molecular weight excluding hydrogens is 389 g/mol. The lowest BCUT2D eigenvalue weighted by molar-refractivity contribution is -0.141. The van der Waals surface area contributed by atoms with Crippen LogP contribution >= 0.6 is 0 Å². The van der Waals surface area contributed by atoms with E-state index < -0.39 is 61.6 Å². The van der Waals surface area contributed by atoms with Crippen LogP contribution in [0.25, 0.3) is 0 Å². The zero-order valence-electron chi connectivity index (χ0n) is 14.1. The van der Waals surface area contributed by atoms with Crippen molar-refractivity contribution < 1.29 is 39.9 Å². The molecule has 0 fully saturated rings. The Morgan fingerprint density at radius 1 is 1.31 bits per heavy atom. The molecule has 7 nitrogen and oxygen atoms in total. The lowest BCUT2D eigenvalue weighted by Crippen LogP contribution is -2.35. The molecule has 0 radical (unpaired) electrons. The Morgan fingerprint density at radius 3 is 2.31 bits per heavy atom. The Morgan fingerprint density at radius 2 is 1.88 bits per heavy atom. The van der Waals surface area contributed by atoms with Gasteiger partial charge in [-0.05, 0) is 20.8 Å². The van der Waals surface area contributed by atoms with Crippen molar-refractivity contribution in [3.8, 4) is 5.88 Å². The number of aromatic amines is 1. The second-order valence-electron chi connectivity index (χ2n) is 6.22. The topological polar surface area (TPSA) is 93.6 Å².